The standard InChI is InChI=1S/C5H11NO.C3H3F/c7-5-1-3-6-4-2-5;4-3-1-2-3/h5-7H,1-4H2;1H,2H2. The maximum absolute atomic E-state index is 11.0. The zero-order valence-electron chi connectivity index (χ0n) is 6.52. The minimum atomic E-state index is -0.0266. The molecule has 0 aromatic carbocycles. The summed E-state index contributed by atoms with van der Waals surface area (Å²) in [7, 11) is 0. The van der Waals surface area contributed by atoms with Crippen LogP contribution in [0.5, 0.6) is 0 Å². The Labute approximate surface area is 66.1 Å². The topological polar surface area (TPSA) is 32.3 Å². The summed E-state index contributed by atoms with van der Waals surface area (Å²) in [5.74, 6) is 0.0417. The molecule has 0 spiro atoms. The van der Waals surface area contributed by atoms with Crippen LogP contribution < -0.4 is 5.32 Å². The van der Waals surface area contributed by atoms with Crippen molar-refractivity contribution in [2.75, 3.05) is 13.1 Å². The lowest BCUT2D eigenvalue weighted by atomic mass is 10.1. The van der Waals surface area contributed by atoms with E-state index in [-0.39, 0.29) is 11.9 Å². The molecule has 0 bridgehead atoms. The van der Waals surface area contributed by atoms with Gasteiger partial charge in [0.15, 0.2) is 0 Å². The highest BCUT2D eigenvalue weighted by Crippen LogP contribution is 2.17. The van der Waals surface area contributed by atoms with E-state index in [0.717, 1.165) is 25.9 Å². The zero-order valence-corrected chi connectivity index (χ0v) is 6.52. The largest absolute Gasteiger partial charge is 0.393 e. The van der Waals surface area contributed by atoms with Crippen molar-refractivity contribution in [1.29, 1.82) is 0 Å². The Morgan fingerprint density at radius 1 is 1.45 bits per heavy atom. The average molecular weight is 159 g/mol. The molecule has 0 radical (unpaired) electrons. The highest BCUT2D eigenvalue weighted by atomic mass is 19.1. The maximum Gasteiger partial charge on any atom is 0.100 e. The quantitative estimate of drug-likeness (QED) is 0.552. The van der Waals surface area contributed by atoms with Crippen molar-refractivity contribution in [2.45, 2.75) is 25.4 Å². The smallest absolute Gasteiger partial charge is 0.100 e. The number of aliphatic hydroxyl groups is 1. The van der Waals surface area contributed by atoms with E-state index in [1.54, 1.807) is 6.08 Å². The summed E-state index contributed by atoms with van der Waals surface area (Å²) in [4.78, 5) is 0. The van der Waals surface area contributed by atoms with Crippen LogP contribution in [-0.2, 0) is 0 Å². The predicted octanol–water partition coefficient (Wildman–Crippen LogP) is 0.974. The Morgan fingerprint density at radius 3 is 2.09 bits per heavy atom. The van der Waals surface area contributed by atoms with Gasteiger partial charge >= 0.3 is 0 Å². The van der Waals surface area contributed by atoms with Crippen molar-refractivity contribution in [2.24, 2.45) is 0 Å². The summed E-state index contributed by atoms with van der Waals surface area (Å²) >= 11 is 0. The van der Waals surface area contributed by atoms with Crippen LogP contribution in [0.3, 0.4) is 0 Å². The summed E-state index contributed by atoms with van der Waals surface area (Å²) < 4.78 is 11.0. The normalized spacial score (nSPS) is 23.3. The molecule has 1 aliphatic heterocycles. The van der Waals surface area contributed by atoms with Gasteiger partial charge in [-0.25, -0.2) is 4.39 Å². The molecule has 0 saturated carbocycles. The molecule has 1 fully saturated rings. The molecule has 2 rings (SSSR count). The molecular weight excluding hydrogens is 145 g/mol. The Hall–Kier alpha value is -0.410. The maximum atomic E-state index is 11.0. The van der Waals surface area contributed by atoms with Crippen LogP contribution >= 0.6 is 0 Å². The molecule has 1 saturated heterocycles. The van der Waals surface area contributed by atoms with E-state index < -0.39 is 0 Å². The van der Waals surface area contributed by atoms with Gasteiger partial charge in [0.25, 0.3) is 0 Å². The first-order valence-corrected chi connectivity index (χ1v) is 4.02. The number of allylic oxidation sites excluding steroid dienone is 2. The van der Waals surface area contributed by atoms with E-state index >= 15 is 0 Å². The van der Waals surface area contributed by atoms with Gasteiger partial charge in [-0.2, -0.15) is 0 Å². The van der Waals surface area contributed by atoms with Crippen LogP contribution in [0.15, 0.2) is 11.9 Å². The molecule has 1 heterocycles. The summed E-state index contributed by atoms with van der Waals surface area (Å²) in [6.07, 6.45) is 3.99. The lowest BCUT2D eigenvalue weighted by Crippen LogP contribution is -2.30. The fourth-order valence-corrected chi connectivity index (χ4v) is 0.845. The number of aliphatic hydroxyl groups excluding tert-OH is 1. The van der Waals surface area contributed by atoms with Gasteiger partial charge in [0, 0.05) is 6.42 Å². The van der Waals surface area contributed by atoms with Crippen LogP contribution in [0.25, 0.3) is 0 Å². The van der Waals surface area contributed by atoms with E-state index in [1.807, 2.05) is 0 Å². The van der Waals surface area contributed by atoms with E-state index in [4.69, 9.17) is 5.11 Å². The second-order valence-electron chi connectivity index (χ2n) is 2.84. The molecule has 1 aliphatic carbocycles. The third kappa shape index (κ3) is 4.93. The molecule has 3 heteroatoms. The van der Waals surface area contributed by atoms with Crippen LogP contribution in [0, 0.1) is 0 Å². The second kappa shape index (κ2) is 4.46. The lowest BCUT2D eigenvalue weighted by molar-refractivity contribution is 0.137. The van der Waals surface area contributed by atoms with Gasteiger partial charge in [-0.15, -0.1) is 0 Å². The van der Waals surface area contributed by atoms with Gasteiger partial charge < -0.3 is 10.4 Å². The molecule has 2 aliphatic rings. The number of hydrogen-bond acceptors (Lipinski definition) is 2. The summed E-state index contributed by atoms with van der Waals surface area (Å²) in [5.41, 5.74) is 0. The van der Waals surface area contributed by atoms with Crippen molar-refractivity contribution >= 4 is 0 Å². The fraction of sp³-hybridized carbons (Fsp3) is 0.750. The van der Waals surface area contributed by atoms with Crippen molar-refractivity contribution in [3.63, 3.8) is 0 Å². The van der Waals surface area contributed by atoms with Gasteiger partial charge in [-0.1, -0.05) is 0 Å². The molecule has 2 nitrogen and oxygen atoms in total. The molecule has 11 heavy (non-hydrogen) atoms. The Bertz CT molecular complexity index is 141. The zero-order chi connectivity index (χ0) is 8.10. The highest BCUT2D eigenvalue weighted by molar-refractivity contribution is 5.12. The van der Waals surface area contributed by atoms with Crippen LogP contribution in [0.2, 0.25) is 0 Å². The first-order valence-electron chi connectivity index (χ1n) is 4.02. The van der Waals surface area contributed by atoms with E-state index in [1.165, 1.54) is 0 Å². The van der Waals surface area contributed by atoms with Crippen LogP contribution in [0.4, 0.5) is 4.39 Å². The average Bonchev–Trinajstić information content (AvgIpc) is 2.75. The Kier molecular flexibility index (Phi) is 3.52. The summed E-state index contributed by atoms with van der Waals surface area (Å²) in [5, 5.41) is 12.0. The van der Waals surface area contributed by atoms with Crippen LogP contribution in [-0.4, -0.2) is 24.3 Å². The van der Waals surface area contributed by atoms with Gasteiger partial charge in [0.2, 0.25) is 0 Å². The number of hydrogen-bond donors (Lipinski definition) is 2. The Morgan fingerprint density at radius 2 is 1.91 bits per heavy atom. The predicted molar refractivity (Wildman–Crippen MR) is 41.9 cm³/mol. The molecular formula is C8H14FNO. The molecule has 0 atom stereocenters. The lowest BCUT2D eigenvalue weighted by Gasteiger charge is -2.16. The Balaban J connectivity index is 0.000000128. The molecule has 64 valence electrons. The van der Waals surface area contributed by atoms with Gasteiger partial charge in [-0.05, 0) is 32.0 Å². The minimum Gasteiger partial charge on any atom is -0.393 e. The SMILES string of the molecule is FC1=CC1.OC1CCNCC1. The third-order valence-corrected chi connectivity index (χ3v) is 1.67. The van der Waals surface area contributed by atoms with Gasteiger partial charge in [-0.3, -0.25) is 0 Å². The van der Waals surface area contributed by atoms with E-state index in [2.05, 4.69) is 5.32 Å². The molecule has 0 amide bonds. The summed E-state index contributed by atoms with van der Waals surface area (Å²) in [6, 6.07) is 0. The van der Waals surface area contributed by atoms with Gasteiger partial charge in [0.1, 0.15) is 5.83 Å². The molecule has 0 aromatic rings. The third-order valence-electron chi connectivity index (χ3n) is 1.67. The first kappa shape index (κ1) is 8.68. The van der Waals surface area contributed by atoms with Gasteiger partial charge in [0.05, 0.1) is 6.10 Å². The van der Waals surface area contributed by atoms with Crippen molar-refractivity contribution in [3.8, 4) is 0 Å². The monoisotopic (exact) mass is 159 g/mol. The van der Waals surface area contributed by atoms with Crippen molar-refractivity contribution in [1.82, 2.24) is 5.32 Å². The van der Waals surface area contributed by atoms with Crippen molar-refractivity contribution in [3.05, 3.63) is 11.9 Å². The second-order valence-corrected chi connectivity index (χ2v) is 2.84. The number of halogens is 1. The number of rotatable bonds is 0. The molecule has 0 aromatic heterocycles. The molecule has 2 N–H and O–H groups in total. The first-order chi connectivity index (χ1) is 5.29. The van der Waals surface area contributed by atoms with Crippen molar-refractivity contribution < 1.29 is 9.50 Å². The molecule has 0 unspecified atom stereocenters. The number of piperidine rings is 1. The van der Waals surface area contributed by atoms with E-state index in [0.29, 0.717) is 6.42 Å². The van der Waals surface area contributed by atoms with E-state index in [9.17, 15) is 4.39 Å². The van der Waals surface area contributed by atoms with Crippen LogP contribution in [0.1, 0.15) is 19.3 Å². The minimum absolute atomic E-state index is 0.0266. The summed E-state index contributed by atoms with van der Waals surface area (Å²) in [6.45, 7) is 1.97. The fourth-order valence-electron chi connectivity index (χ4n) is 0.845. The number of nitrogens with one attached hydrogen (secondary N) is 1. The highest BCUT2D eigenvalue weighted by Gasteiger charge is 2.06.